The van der Waals surface area contributed by atoms with Gasteiger partial charge in [0.1, 0.15) is 0 Å². The summed E-state index contributed by atoms with van der Waals surface area (Å²) in [6.07, 6.45) is 0. The lowest BCUT2D eigenvalue weighted by atomic mass is 9.86. The highest BCUT2D eigenvalue weighted by Crippen LogP contribution is 2.19. The predicted octanol–water partition coefficient (Wildman–Crippen LogP) is 1.51. The predicted molar refractivity (Wildman–Crippen MR) is 66.1 cm³/mol. The lowest BCUT2D eigenvalue weighted by Gasteiger charge is -2.38. The molecule has 3 nitrogen and oxygen atoms in total. The van der Waals surface area contributed by atoms with Crippen LogP contribution >= 0.6 is 0 Å². The van der Waals surface area contributed by atoms with E-state index in [1.165, 1.54) is 0 Å². The Kier molecular flexibility index (Phi) is 4.77. The smallest absolute Gasteiger partial charge is 0.0767 e. The number of rotatable bonds is 5. The Labute approximate surface area is 94.6 Å². The Bertz CT molecular complexity index is 187. The minimum atomic E-state index is -0.714. The fourth-order valence-electron chi connectivity index (χ4n) is 1.03. The van der Waals surface area contributed by atoms with E-state index in [0.717, 1.165) is 13.1 Å². The number of hydrogen-bond donors (Lipinski definition) is 3. The van der Waals surface area contributed by atoms with E-state index in [4.69, 9.17) is 0 Å². The Hall–Kier alpha value is -0.120. The first kappa shape index (κ1) is 14.9. The first-order chi connectivity index (χ1) is 6.46. The Morgan fingerprint density at radius 3 is 1.53 bits per heavy atom. The van der Waals surface area contributed by atoms with Crippen LogP contribution < -0.4 is 10.6 Å². The summed E-state index contributed by atoms with van der Waals surface area (Å²) >= 11 is 0. The Morgan fingerprint density at radius 1 is 0.800 bits per heavy atom. The van der Waals surface area contributed by atoms with Gasteiger partial charge in [-0.3, -0.25) is 0 Å². The van der Waals surface area contributed by atoms with Crippen LogP contribution in [0.2, 0.25) is 0 Å². The molecule has 0 aliphatic heterocycles. The summed E-state index contributed by atoms with van der Waals surface area (Å²) in [5, 5.41) is 16.7. The number of aliphatic hydroxyl groups is 1. The zero-order valence-electron chi connectivity index (χ0n) is 11.4. The molecule has 0 heterocycles. The fourth-order valence-corrected chi connectivity index (χ4v) is 1.03. The van der Waals surface area contributed by atoms with E-state index in [-0.39, 0.29) is 11.1 Å². The summed E-state index contributed by atoms with van der Waals surface area (Å²) in [6, 6.07) is 0. The van der Waals surface area contributed by atoms with E-state index in [1.54, 1.807) is 0 Å². The molecule has 0 atom stereocenters. The zero-order chi connectivity index (χ0) is 12.3. The minimum absolute atomic E-state index is 0.153. The summed E-state index contributed by atoms with van der Waals surface area (Å²) in [6.45, 7) is 15.9. The summed E-state index contributed by atoms with van der Waals surface area (Å²) in [5.41, 5.74) is -0.831. The average Bonchev–Trinajstić information content (AvgIpc) is 1.94. The van der Waals surface area contributed by atoms with Crippen molar-refractivity contribution in [2.75, 3.05) is 13.1 Å². The van der Waals surface area contributed by atoms with Crippen LogP contribution in [0.1, 0.15) is 48.5 Å². The standard InChI is InChI=1S/C12H28N2O/c1-10(2,3)13-8-9-14-11(4,5)12(6,7)15/h13-15H,8-9H2,1-7H3. The first-order valence-electron chi connectivity index (χ1n) is 5.68. The molecule has 0 radical (unpaired) electrons. The van der Waals surface area contributed by atoms with Gasteiger partial charge < -0.3 is 15.7 Å². The molecule has 0 bridgehead atoms. The van der Waals surface area contributed by atoms with Gasteiger partial charge in [0.25, 0.3) is 0 Å². The maximum atomic E-state index is 9.92. The SMILES string of the molecule is CC(C)(C)NCCNC(C)(C)C(C)(C)O. The molecule has 0 aromatic heterocycles. The van der Waals surface area contributed by atoms with E-state index in [1.807, 2.05) is 27.7 Å². The second kappa shape index (κ2) is 4.81. The van der Waals surface area contributed by atoms with Crippen LogP contribution in [-0.2, 0) is 0 Å². The second-order valence-electron chi connectivity index (χ2n) is 6.29. The summed E-state index contributed by atoms with van der Waals surface area (Å²) < 4.78 is 0. The van der Waals surface area contributed by atoms with Crippen LogP contribution in [0.5, 0.6) is 0 Å². The summed E-state index contributed by atoms with van der Waals surface area (Å²) in [5.74, 6) is 0. The minimum Gasteiger partial charge on any atom is -0.389 e. The van der Waals surface area contributed by atoms with Crippen molar-refractivity contribution < 1.29 is 5.11 Å². The normalized spacial score (nSPS) is 14.4. The fraction of sp³-hybridized carbons (Fsp3) is 1.00. The van der Waals surface area contributed by atoms with Gasteiger partial charge in [-0.1, -0.05) is 0 Å². The lowest BCUT2D eigenvalue weighted by Crippen LogP contribution is -2.57. The van der Waals surface area contributed by atoms with Crippen LogP contribution in [0.4, 0.5) is 0 Å². The van der Waals surface area contributed by atoms with Crippen molar-refractivity contribution in [1.29, 1.82) is 0 Å². The van der Waals surface area contributed by atoms with Crippen molar-refractivity contribution >= 4 is 0 Å². The topological polar surface area (TPSA) is 44.3 Å². The van der Waals surface area contributed by atoms with Gasteiger partial charge in [0, 0.05) is 24.2 Å². The Morgan fingerprint density at radius 2 is 1.20 bits per heavy atom. The molecular formula is C12H28N2O. The first-order valence-corrected chi connectivity index (χ1v) is 5.68. The van der Waals surface area contributed by atoms with Crippen LogP contribution in [0, 0.1) is 0 Å². The van der Waals surface area contributed by atoms with Crippen LogP contribution in [0.3, 0.4) is 0 Å². The third kappa shape index (κ3) is 6.13. The third-order valence-corrected chi connectivity index (χ3v) is 2.88. The van der Waals surface area contributed by atoms with Crippen molar-refractivity contribution in [3.8, 4) is 0 Å². The van der Waals surface area contributed by atoms with Gasteiger partial charge in [-0.05, 0) is 48.5 Å². The van der Waals surface area contributed by atoms with E-state index in [2.05, 4.69) is 31.4 Å². The molecule has 0 aromatic rings. The highest BCUT2D eigenvalue weighted by molar-refractivity contribution is 4.93. The molecule has 92 valence electrons. The largest absolute Gasteiger partial charge is 0.389 e. The molecule has 0 saturated carbocycles. The highest BCUT2D eigenvalue weighted by atomic mass is 16.3. The van der Waals surface area contributed by atoms with E-state index >= 15 is 0 Å². The molecule has 0 aromatic carbocycles. The molecule has 0 aliphatic carbocycles. The molecule has 0 fully saturated rings. The number of hydrogen-bond acceptors (Lipinski definition) is 3. The monoisotopic (exact) mass is 216 g/mol. The van der Waals surface area contributed by atoms with Crippen molar-refractivity contribution in [3.05, 3.63) is 0 Å². The molecule has 0 rings (SSSR count). The van der Waals surface area contributed by atoms with Gasteiger partial charge in [-0.2, -0.15) is 0 Å². The van der Waals surface area contributed by atoms with E-state index in [9.17, 15) is 5.11 Å². The van der Waals surface area contributed by atoms with Gasteiger partial charge in [0.15, 0.2) is 0 Å². The van der Waals surface area contributed by atoms with Gasteiger partial charge in [-0.25, -0.2) is 0 Å². The highest BCUT2D eigenvalue weighted by Gasteiger charge is 2.34. The maximum Gasteiger partial charge on any atom is 0.0767 e. The molecule has 0 unspecified atom stereocenters. The molecular weight excluding hydrogens is 188 g/mol. The molecule has 15 heavy (non-hydrogen) atoms. The molecule has 0 saturated heterocycles. The van der Waals surface area contributed by atoms with Crippen molar-refractivity contribution in [1.82, 2.24) is 10.6 Å². The molecule has 0 amide bonds. The summed E-state index contributed by atoms with van der Waals surface area (Å²) in [7, 11) is 0. The molecule has 3 heteroatoms. The van der Waals surface area contributed by atoms with Crippen LogP contribution in [0.25, 0.3) is 0 Å². The second-order valence-corrected chi connectivity index (χ2v) is 6.29. The molecule has 3 N–H and O–H groups in total. The molecule has 0 aliphatic rings. The lowest BCUT2D eigenvalue weighted by molar-refractivity contribution is -0.00419. The third-order valence-electron chi connectivity index (χ3n) is 2.88. The zero-order valence-corrected chi connectivity index (χ0v) is 11.4. The summed E-state index contributed by atoms with van der Waals surface area (Å²) in [4.78, 5) is 0. The average molecular weight is 216 g/mol. The van der Waals surface area contributed by atoms with Crippen LogP contribution in [-0.4, -0.2) is 34.9 Å². The van der Waals surface area contributed by atoms with Crippen molar-refractivity contribution in [3.63, 3.8) is 0 Å². The van der Waals surface area contributed by atoms with E-state index < -0.39 is 5.60 Å². The van der Waals surface area contributed by atoms with Crippen molar-refractivity contribution in [2.45, 2.75) is 65.1 Å². The maximum absolute atomic E-state index is 9.92. The van der Waals surface area contributed by atoms with E-state index in [0.29, 0.717) is 0 Å². The quantitative estimate of drug-likeness (QED) is 0.610. The number of nitrogens with one attached hydrogen (secondary N) is 2. The van der Waals surface area contributed by atoms with Crippen molar-refractivity contribution in [2.24, 2.45) is 0 Å². The molecule has 0 spiro atoms. The van der Waals surface area contributed by atoms with Crippen LogP contribution in [0.15, 0.2) is 0 Å². The van der Waals surface area contributed by atoms with Gasteiger partial charge in [0.2, 0.25) is 0 Å². The van der Waals surface area contributed by atoms with Gasteiger partial charge >= 0.3 is 0 Å². The Balaban J connectivity index is 3.87. The van der Waals surface area contributed by atoms with Gasteiger partial charge in [0.05, 0.1) is 5.60 Å². The van der Waals surface area contributed by atoms with Gasteiger partial charge in [-0.15, -0.1) is 0 Å².